The smallest absolute Gasteiger partial charge is 0.320 e. The lowest BCUT2D eigenvalue weighted by molar-refractivity contribution is 0.103. The first-order valence-electron chi connectivity index (χ1n) is 9.06. The molecule has 3 rings (SSSR count). The van der Waals surface area contributed by atoms with Crippen molar-refractivity contribution in [1.82, 2.24) is 9.80 Å². The maximum Gasteiger partial charge on any atom is 0.320 e. The van der Waals surface area contributed by atoms with Crippen molar-refractivity contribution in [2.45, 2.75) is 31.7 Å². The van der Waals surface area contributed by atoms with Crippen LogP contribution < -0.4 is 0 Å². The van der Waals surface area contributed by atoms with Crippen molar-refractivity contribution < 1.29 is 13.9 Å². The number of rotatable bonds is 3. The lowest BCUT2D eigenvalue weighted by Crippen LogP contribution is -2.48. The molecule has 2 fully saturated rings. The fraction of sp³-hybridized carbons (Fsp3) is 0.500. The molecule has 6 heteroatoms. The molecule has 0 N–H and O–H groups in total. The minimum atomic E-state index is -0.312. The summed E-state index contributed by atoms with van der Waals surface area (Å²) in [5.41, 5.74) is 2.39. The van der Waals surface area contributed by atoms with Crippen LogP contribution in [-0.2, 0) is 4.74 Å². The summed E-state index contributed by atoms with van der Waals surface area (Å²) in [7, 11) is 1.66. The summed E-state index contributed by atoms with van der Waals surface area (Å²) in [6.45, 7) is 2.58. The van der Waals surface area contributed by atoms with Gasteiger partial charge in [0.1, 0.15) is 5.82 Å². The Labute approximate surface area is 153 Å². The predicted octanol–water partition coefficient (Wildman–Crippen LogP) is 3.43. The Bertz CT molecular complexity index is 714. The van der Waals surface area contributed by atoms with Gasteiger partial charge >= 0.3 is 6.03 Å². The van der Waals surface area contributed by atoms with Crippen molar-refractivity contribution >= 4 is 11.6 Å². The zero-order valence-corrected chi connectivity index (χ0v) is 15.1. The van der Waals surface area contributed by atoms with E-state index in [1.165, 1.54) is 12.1 Å². The number of hydrogen-bond acceptors (Lipinski definition) is 3. The van der Waals surface area contributed by atoms with Gasteiger partial charge in [-0.05, 0) is 49.0 Å². The lowest BCUT2D eigenvalue weighted by atomic mass is 9.94. The van der Waals surface area contributed by atoms with Crippen LogP contribution in [0.1, 0.15) is 31.2 Å². The van der Waals surface area contributed by atoms with Crippen molar-refractivity contribution in [3.05, 3.63) is 41.2 Å². The molecule has 2 aliphatic heterocycles. The number of carbonyl (C=O) groups excluding carboxylic acids is 1. The number of halogens is 1. The topological polar surface area (TPSA) is 56.6 Å². The van der Waals surface area contributed by atoms with Gasteiger partial charge in [-0.15, -0.1) is 0 Å². The van der Waals surface area contributed by atoms with Crippen molar-refractivity contribution in [3.8, 4) is 6.07 Å². The van der Waals surface area contributed by atoms with Crippen LogP contribution in [0.25, 0.3) is 5.57 Å². The number of ether oxygens (including phenoxy) is 1. The van der Waals surface area contributed by atoms with Gasteiger partial charge in [0, 0.05) is 26.7 Å². The van der Waals surface area contributed by atoms with Gasteiger partial charge in [0.05, 0.1) is 24.3 Å². The van der Waals surface area contributed by atoms with Gasteiger partial charge in [0.2, 0.25) is 0 Å². The van der Waals surface area contributed by atoms with Crippen LogP contribution in [0.15, 0.2) is 29.8 Å². The quantitative estimate of drug-likeness (QED) is 0.779. The molecule has 26 heavy (non-hydrogen) atoms. The van der Waals surface area contributed by atoms with Crippen LogP contribution in [0, 0.1) is 17.1 Å². The summed E-state index contributed by atoms with van der Waals surface area (Å²) in [4.78, 5) is 16.6. The van der Waals surface area contributed by atoms with Crippen LogP contribution in [0.3, 0.4) is 0 Å². The van der Waals surface area contributed by atoms with Crippen LogP contribution in [-0.4, -0.2) is 55.2 Å². The van der Waals surface area contributed by atoms with Gasteiger partial charge in [-0.1, -0.05) is 12.1 Å². The van der Waals surface area contributed by atoms with Crippen LogP contribution in [0.4, 0.5) is 9.18 Å². The molecule has 2 amide bonds. The fourth-order valence-corrected chi connectivity index (χ4v) is 3.82. The van der Waals surface area contributed by atoms with Crippen molar-refractivity contribution in [2.75, 3.05) is 33.4 Å². The summed E-state index contributed by atoms with van der Waals surface area (Å²) in [6, 6.07) is 8.51. The number of methoxy groups -OCH3 is 1. The van der Waals surface area contributed by atoms with E-state index in [1.54, 1.807) is 19.2 Å². The third kappa shape index (κ3) is 3.88. The highest BCUT2D eigenvalue weighted by atomic mass is 19.1. The first kappa shape index (κ1) is 18.4. The molecule has 1 atom stereocenters. The van der Waals surface area contributed by atoms with E-state index in [2.05, 4.69) is 6.07 Å². The molecule has 0 radical (unpaired) electrons. The normalized spacial score (nSPS) is 20.2. The zero-order chi connectivity index (χ0) is 18.5. The monoisotopic (exact) mass is 357 g/mol. The highest BCUT2D eigenvalue weighted by Gasteiger charge is 2.32. The van der Waals surface area contributed by atoms with Gasteiger partial charge in [-0.25, -0.2) is 9.18 Å². The molecule has 0 spiro atoms. The van der Waals surface area contributed by atoms with E-state index >= 15 is 0 Å². The van der Waals surface area contributed by atoms with Gasteiger partial charge < -0.3 is 14.5 Å². The average Bonchev–Trinajstić information content (AvgIpc) is 3.12. The fourth-order valence-electron chi connectivity index (χ4n) is 3.82. The average molecular weight is 357 g/mol. The van der Waals surface area contributed by atoms with E-state index in [1.807, 2.05) is 9.80 Å². The van der Waals surface area contributed by atoms with E-state index in [9.17, 15) is 14.4 Å². The van der Waals surface area contributed by atoms with Crippen molar-refractivity contribution in [1.29, 1.82) is 5.26 Å². The molecule has 5 nitrogen and oxygen atoms in total. The number of amides is 2. The zero-order valence-electron chi connectivity index (χ0n) is 15.1. The number of likely N-dealkylation sites (tertiary alicyclic amines) is 2. The molecule has 138 valence electrons. The molecule has 2 heterocycles. The number of urea groups is 1. The second-order valence-corrected chi connectivity index (χ2v) is 6.81. The number of benzene rings is 1. The van der Waals surface area contributed by atoms with Crippen molar-refractivity contribution in [3.63, 3.8) is 0 Å². The first-order valence-corrected chi connectivity index (χ1v) is 9.06. The van der Waals surface area contributed by atoms with Gasteiger partial charge in [-0.3, -0.25) is 0 Å². The molecule has 2 saturated heterocycles. The Morgan fingerprint density at radius 3 is 2.58 bits per heavy atom. The van der Waals surface area contributed by atoms with Crippen LogP contribution in [0.2, 0.25) is 0 Å². The largest absolute Gasteiger partial charge is 0.383 e. The summed E-state index contributed by atoms with van der Waals surface area (Å²) >= 11 is 0. The summed E-state index contributed by atoms with van der Waals surface area (Å²) in [5.74, 6) is -0.312. The Morgan fingerprint density at radius 2 is 1.96 bits per heavy atom. The third-order valence-electron chi connectivity index (χ3n) is 5.22. The molecule has 0 saturated carbocycles. The molecular weight excluding hydrogens is 333 g/mol. The number of nitriles is 1. The van der Waals surface area contributed by atoms with E-state index in [0.717, 1.165) is 30.5 Å². The lowest BCUT2D eigenvalue weighted by Gasteiger charge is -2.34. The maximum absolute atomic E-state index is 13.1. The Morgan fingerprint density at radius 1 is 1.27 bits per heavy atom. The first-order chi connectivity index (χ1) is 12.6. The van der Waals surface area contributed by atoms with Gasteiger partial charge in [0.15, 0.2) is 0 Å². The van der Waals surface area contributed by atoms with E-state index < -0.39 is 0 Å². The number of carbonyl (C=O) groups is 1. The van der Waals surface area contributed by atoms with E-state index in [-0.39, 0.29) is 17.9 Å². The molecule has 1 aromatic carbocycles. The Hall–Kier alpha value is -2.39. The molecule has 0 bridgehead atoms. The molecule has 1 aromatic rings. The second-order valence-electron chi connectivity index (χ2n) is 6.81. The van der Waals surface area contributed by atoms with Crippen LogP contribution in [0.5, 0.6) is 0 Å². The standard InChI is InChI=1S/C20H24FN3O2/c1-26-14-18-3-2-10-24(18)20(25)23-11-8-16(9-12-23)19(13-22)15-4-6-17(21)7-5-15/h4-7,18H,2-3,8-12,14H2,1H3/t18-/m0/s1. The third-order valence-corrected chi connectivity index (χ3v) is 5.22. The van der Waals surface area contributed by atoms with E-state index in [0.29, 0.717) is 38.1 Å². The number of nitrogens with zero attached hydrogens (tertiary/aromatic N) is 3. The van der Waals surface area contributed by atoms with E-state index in [4.69, 9.17) is 4.74 Å². The molecule has 0 aromatic heterocycles. The highest BCUT2D eigenvalue weighted by Crippen LogP contribution is 2.28. The second kappa shape index (κ2) is 8.33. The Kier molecular flexibility index (Phi) is 5.89. The minimum Gasteiger partial charge on any atom is -0.383 e. The molecular formula is C20H24FN3O2. The minimum absolute atomic E-state index is 0.0730. The maximum atomic E-state index is 13.1. The molecule has 0 unspecified atom stereocenters. The summed E-state index contributed by atoms with van der Waals surface area (Å²) < 4.78 is 18.3. The number of hydrogen-bond donors (Lipinski definition) is 0. The van der Waals surface area contributed by atoms with Gasteiger partial charge in [0.25, 0.3) is 0 Å². The Balaban J connectivity index is 1.67. The number of piperidine rings is 1. The van der Waals surface area contributed by atoms with Crippen molar-refractivity contribution in [2.24, 2.45) is 0 Å². The summed E-state index contributed by atoms with van der Waals surface area (Å²) in [6.07, 6.45) is 3.35. The summed E-state index contributed by atoms with van der Waals surface area (Å²) in [5, 5.41) is 9.54. The van der Waals surface area contributed by atoms with Gasteiger partial charge in [-0.2, -0.15) is 5.26 Å². The number of allylic oxidation sites excluding steroid dienone is 1. The SMILES string of the molecule is COC[C@@H]1CCCN1C(=O)N1CCC(=C(C#N)c2ccc(F)cc2)CC1. The van der Waals surface area contributed by atoms with Crippen LogP contribution >= 0.6 is 0 Å². The predicted molar refractivity (Wildman–Crippen MR) is 96.7 cm³/mol. The highest BCUT2D eigenvalue weighted by molar-refractivity contribution is 5.80. The molecule has 0 aliphatic carbocycles. The molecule has 2 aliphatic rings.